The van der Waals surface area contributed by atoms with Crippen LogP contribution in [0.25, 0.3) is 0 Å². The monoisotopic (exact) mass is 254 g/mol. The molecule has 2 unspecified atom stereocenters. The van der Waals surface area contributed by atoms with Crippen LogP contribution in [-0.2, 0) is 4.79 Å². The number of carbonyl (C=O) groups excluding carboxylic acids is 1. The molecule has 1 N–H and O–H groups in total. The Labute approximate surface area is 108 Å². The van der Waals surface area contributed by atoms with Gasteiger partial charge in [-0.3, -0.25) is 4.79 Å². The number of aromatic amines is 1. The van der Waals surface area contributed by atoms with Gasteiger partial charge in [0.05, 0.1) is 12.7 Å². The van der Waals surface area contributed by atoms with Crippen molar-refractivity contribution in [1.82, 2.24) is 14.9 Å². The number of amides is 1. The van der Waals surface area contributed by atoms with Crippen molar-refractivity contribution in [2.24, 2.45) is 0 Å². The van der Waals surface area contributed by atoms with Gasteiger partial charge < -0.3 is 9.88 Å². The molecule has 2 rings (SSSR count). The van der Waals surface area contributed by atoms with E-state index in [-0.39, 0.29) is 17.2 Å². The zero-order valence-electron chi connectivity index (χ0n) is 11.3. The van der Waals surface area contributed by atoms with Gasteiger partial charge in [0.25, 0.3) is 0 Å². The van der Waals surface area contributed by atoms with E-state index in [1.54, 1.807) is 11.8 Å². The molecule has 1 fully saturated rings. The van der Waals surface area contributed by atoms with Crippen LogP contribution < -0.4 is 0 Å². The molecule has 94 valence electrons. The molecule has 1 saturated heterocycles. The number of thioether (sulfide) groups is 1. The Morgan fingerprint density at radius 3 is 3.24 bits per heavy atom. The zero-order valence-corrected chi connectivity index (χ0v) is 11.1. The summed E-state index contributed by atoms with van der Waals surface area (Å²) in [4.78, 5) is 21.4. The number of hydrogen-bond donors (Lipinski definition) is 1. The molecular weight excluding hydrogens is 234 g/mol. The maximum atomic E-state index is 12.3. The Morgan fingerprint density at radius 2 is 2.59 bits per heavy atom. The molecule has 0 spiro atoms. The number of rotatable bonds is 3. The van der Waals surface area contributed by atoms with E-state index < -0.39 is 0 Å². The van der Waals surface area contributed by atoms with Gasteiger partial charge in [0.2, 0.25) is 5.91 Å². The first-order valence-corrected chi connectivity index (χ1v) is 7.27. The van der Waals surface area contributed by atoms with Gasteiger partial charge in [-0.1, -0.05) is 0 Å². The lowest BCUT2D eigenvalue weighted by Crippen LogP contribution is -2.42. The van der Waals surface area contributed by atoms with Gasteiger partial charge >= 0.3 is 0 Å². The van der Waals surface area contributed by atoms with Crippen molar-refractivity contribution in [3.05, 3.63) is 18.2 Å². The number of carbonyl (C=O) groups is 1. The lowest BCUT2D eigenvalue weighted by Gasteiger charge is -2.35. The first kappa shape index (κ1) is 11.1. The van der Waals surface area contributed by atoms with Gasteiger partial charge in [0.1, 0.15) is 5.82 Å². The predicted octanol–water partition coefficient (Wildman–Crippen LogP) is 2.21. The number of hydrogen-bond acceptors (Lipinski definition) is 3. The van der Waals surface area contributed by atoms with Crippen LogP contribution in [0.2, 0.25) is 0 Å². The summed E-state index contributed by atoms with van der Waals surface area (Å²) in [5.74, 6) is 0.927. The fourth-order valence-corrected chi connectivity index (χ4v) is 2.56. The largest absolute Gasteiger partial charge is 0.347 e. The highest BCUT2D eigenvalue weighted by atomic mass is 32.2. The molecule has 1 aliphatic rings. The van der Waals surface area contributed by atoms with Crippen molar-refractivity contribution in [2.75, 3.05) is 12.8 Å². The average molecular weight is 254 g/mol. The van der Waals surface area contributed by atoms with Gasteiger partial charge in [0.15, 0.2) is 0 Å². The number of imidazole rings is 1. The third-order valence-electron chi connectivity index (χ3n) is 3.27. The van der Waals surface area contributed by atoms with Gasteiger partial charge in [-0.25, -0.2) is 4.98 Å². The predicted molar refractivity (Wildman–Crippen MR) is 69.9 cm³/mol. The molecule has 5 heteroatoms. The molecule has 0 aromatic carbocycles. The van der Waals surface area contributed by atoms with Gasteiger partial charge in [-0.2, -0.15) is 11.8 Å². The Bertz CT molecular complexity index is 423. The summed E-state index contributed by atoms with van der Waals surface area (Å²) in [5.41, 5.74) is 0. The van der Waals surface area contributed by atoms with Gasteiger partial charge in [-0.15, -0.1) is 0 Å². The van der Waals surface area contributed by atoms with E-state index in [4.69, 9.17) is 1.37 Å². The fourth-order valence-electron chi connectivity index (χ4n) is 2.22. The van der Waals surface area contributed by atoms with Crippen LogP contribution in [0.1, 0.15) is 39.4 Å². The second-order valence-electron chi connectivity index (χ2n) is 4.33. The van der Waals surface area contributed by atoms with Crippen molar-refractivity contribution in [3.8, 4) is 0 Å². The molecule has 4 nitrogen and oxygen atoms in total. The number of piperidine rings is 1. The molecule has 1 aromatic heterocycles. The second kappa shape index (κ2) is 5.58. The van der Waals surface area contributed by atoms with Crippen LogP contribution in [0.4, 0.5) is 0 Å². The summed E-state index contributed by atoms with van der Waals surface area (Å²) in [5, 5.41) is -0.0176. The minimum absolute atomic E-state index is 0.0138. The van der Waals surface area contributed by atoms with Crippen molar-refractivity contribution in [3.63, 3.8) is 0 Å². The Hall–Kier alpha value is -0.970. The quantitative estimate of drug-likeness (QED) is 0.899. The third kappa shape index (κ3) is 2.65. The van der Waals surface area contributed by atoms with E-state index in [2.05, 4.69) is 9.97 Å². The summed E-state index contributed by atoms with van der Waals surface area (Å²) in [6.07, 6.45) is 6.86. The minimum atomic E-state index is -0.0176. The molecule has 0 saturated carbocycles. The van der Waals surface area contributed by atoms with E-state index in [1.807, 2.05) is 18.1 Å². The lowest BCUT2D eigenvalue weighted by molar-refractivity contribution is -0.134. The molecule has 17 heavy (non-hydrogen) atoms. The minimum Gasteiger partial charge on any atom is -0.347 e. The third-order valence-corrected chi connectivity index (χ3v) is 4.18. The van der Waals surface area contributed by atoms with E-state index in [0.717, 1.165) is 31.6 Å². The number of likely N-dealkylation sites (tertiary alicyclic amines) is 1. The van der Waals surface area contributed by atoms with Crippen molar-refractivity contribution in [2.45, 2.75) is 37.5 Å². The van der Waals surface area contributed by atoms with Crippen LogP contribution in [-0.4, -0.2) is 38.8 Å². The van der Waals surface area contributed by atoms with Crippen molar-refractivity contribution in [1.29, 1.82) is 0 Å². The van der Waals surface area contributed by atoms with Crippen LogP contribution in [0, 0.1) is 0 Å². The maximum Gasteiger partial charge on any atom is 0.236 e. The molecule has 0 radical (unpaired) electrons. The lowest BCUT2D eigenvalue weighted by atomic mass is 10.0. The summed E-state index contributed by atoms with van der Waals surface area (Å²) in [7, 11) is 0. The first-order valence-electron chi connectivity index (χ1n) is 6.48. The smallest absolute Gasteiger partial charge is 0.236 e. The fraction of sp³-hybridized carbons (Fsp3) is 0.667. The molecule has 1 amide bonds. The maximum absolute atomic E-state index is 12.3. The Morgan fingerprint density at radius 1 is 1.76 bits per heavy atom. The van der Waals surface area contributed by atoms with Crippen molar-refractivity contribution >= 4 is 17.7 Å². The molecule has 0 aliphatic carbocycles. The summed E-state index contributed by atoms with van der Waals surface area (Å²) >= 11 is 1.57. The Kier molecular flexibility index (Phi) is 3.66. The highest BCUT2D eigenvalue weighted by molar-refractivity contribution is 7.99. The van der Waals surface area contributed by atoms with Crippen LogP contribution in [0.15, 0.2) is 12.4 Å². The van der Waals surface area contributed by atoms with E-state index >= 15 is 0 Å². The zero-order chi connectivity index (χ0) is 13.1. The van der Waals surface area contributed by atoms with Crippen LogP contribution in [0.3, 0.4) is 0 Å². The summed E-state index contributed by atoms with van der Waals surface area (Å²) in [6.45, 7) is 2.74. The second-order valence-corrected chi connectivity index (χ2v) is 5.51. The number of H-pyrrole nitrogens is 1. The number of nitrogens with one attached hydrogen (secondary N) is 1. The topological polar surface area (TPSA) is 49.0 Å². The molecule has 2 heterocycles. The van der Waals surface area contributed by atoms with Crippen molar-refractivity contribution < 1.29 is 6.17 Å². The van der Waals surface area contributed by atoms with E-state index in [1.165, 1.54) is 6.20 Å². The Balaban J connectivity index is 2.18. The first-order chi connectivity index (χ1) is 8.63. The standard InChI is InChI=1S/C12H19N3OS/c1-9(17-2)12(16)15-8-4-3-5-10(15)11-13-6-7-14-11/h6-7,9-10H,3-5,8H2,1-2H3,(H,13,14)/i6D. The SMILES string of the molecule is [2H]c1cnc(C2CCCCN2C(=O)C(C)SC)[nH]1. The normalized spacial score (nSPS) is 23.3. The summed E-state index contributed by atoms with van der Waals surface area (Å²) in [6, 6.07) is 0.0138. The highest BCUT2D eigenvalue weighted by Crippen LogP contribution is 2.30. The number of aromatic nitrogens is 2. The molecular formula is C12H19N3OS. The molecule has 2 atom stereocenters. The highest BCUT2D eigenvalue weighted by Gasteiger charge is 2.31. The molecule has 1 aromatic rings. The van der Waals surface area contributed by atoms with Crippen LogP contribution >= 0.6 is 11.8 Å². The average Bonchev–Trinajstić information content (AvgIpc) is 2.83. The van der Waals surface area contributed by atoms with Crippen LogP contribution in [0.5, 0.6) is 0 Å². The van der Waals surface area contributed by atoms with E-state index in [9.17, 15) is 4.79 Å². The summed E-state index contributed by atoms with van der Waals surface area (Å²) < 4.78 is 7.50. The van der Waals surface area contributed by atoms with Gasteiger partial charge in [-0.05, 0) is 32.4 Å². The molecule has 1 aliphatic heterocycles. The molecule has 0 bridgehead atoms. The van der Waals surface area contributed by atoms with Gasteiger partial charge in [0, 0.05) is 18.9 Å². The van der Waals surface area contributed by atoms with E-state index in [0.29, 0.717) is 6.17 Å². The number of nitrogens with zero attached hydrogens (tertiary/aromatic N) is 2.